The summed E-state index contributed by atoms with van der Waals surface area (Å²) in [6.07, 6.45) is -0.356. The average molecular weight is 466 g/mol. The van der Waals surface area contributed by atoms with Crippen LogP contribution >= 0.6 is 11.6 Å². The number of fused-ring (bicyclic) bond motifs is 1. The van der Waals surface area contributed by atoms with Gasteiger partial charge in [-0.05, 0) is 61.5 Å². The molecule has 0 radical (unpaired) electrons. The minimum atomic E-state index is -1.94. The van der Waals surface area contributed by atoms with E-state index in [0.717, 1.165) is 0 Å². The highest BCUT2D eigenvalue weighted by molar-refractivity contribution is 6.30. The largest absolute Gasteiger partial charge is 0.494 e. The second-order valence-corrected chi connectivity index (χ2v) is 8.13. The first-order valence-corrected chi connectivity index (χ1v) is 11.1. The molecule has 0 spiro atoms. The Morgan fingerprint density at radius 1 is 0.970 bits per heavy atom. The summed E-state index contributed by atoms with van der Waals surface area (Å²) in [6.45, 7) is 2.84. The molecule has 0 aliphatic carbocycles. The van der Waals surface area contributed by atoms with Crippen molar-refractivity contribution < 1.29 is 24.2 Å². The maximum Gasteiger partial charge on any atom is 0.264 e. The summed E-state index contributed by atoms with van der Waals surface area (Å²) in [5.41, 5.74) is -0.543. The predicted octanol–water partition coefficient (Wildman–Crippen LogP) is 4.62. The Kier molecular flexibility index (Phi) is 6.67. The summed E-state index contributed by atoms with van der Waals surface area (Å²) < 4.78 is 11.1. The van der Waals surface area contributed by atoms with Crippen LogP contribution in [-0.4, -0.2) is 36.6 Å². The highest BCUT2D eigenvalue weighted by Gasteiger charge is 2.50. The van der Waals surface area contributed by atoms with Gasteiger partial charge in [-0.15, -0.1) is 0 Å². The molecule has 170 valence electrons. The first-order chi connectivity index (χ1) is 15.9. The molecule has 0 bridgehead atoms. The number of para-hydroxylation sites is 1. The summed E-state index contributed by atoms with van der Waals surface area (Å²) >= 11 is 5.89. The fraction of sp³-hybridized carbons (Fsp3) is 0.231. The third kappa shape index (κ3) is 4.72. The minimum absolute atomic E-state index is 0.213. The van der Waals surface area contributed by atoms with E-state index in [1.165, 1.54) is 4.90 Å². The fourth-order valence-corrected chi connectivity index (χ4v) is 4.05. The molecule has 6 nitrogen and oxygen atoms in total. The molecule has 33 heavy (non-hydrogen) atoms. The molecule has 1 atom stereocenters. The lowest BCUT2D eigenvalue weighted by Gasteiger charge is -2.23. The lowest BCUT2D eigenvalue weighted by molar-refractivity contribution is -0.135. The number of carbonyl (C=O) groups excluding carboxylic acids is 2. The molecule has 0 aromatic heterocycles. The Hall–Kier alpha value is -3.35. The molecule has 1 heterocycles. The standard InChI is InChI=1S/C26H24ClNO5/c1-2-32-20-11-7-18(8-12-20)24(29)17-26(31)22-5-3-4-6-23(22)28(25(26)30)15-16-33-21-13-9-19(27)10-14-21/h3-14,31H,2,15-17H2,1H3. The first kappa shape index (κ1) is 22.8. The molecular weight excluding hydrogens is 442 g/mol. The Morgan fingerprint density at radius 3 is 2.30 bits per heavy atom. The average Bonchev–Trinajstić information content (AvgIpc) is 3.03. The molecule has 1 N–H and O–H groups in total. The number of nitrogens with zero attached hydrogens (tertiary/aromatic N) is 1. The van der Waals surface area contributed by atoms with Crippen molar-refractivity contribution in [3.8, 4) is 11.5 Å². The quantitative estimate of drug-likeness (QED) is 0.466. The zero-order valence-corrected chi connectivity index (χ0v) is 18.9. The lowest BCUT2D eigenvalue weighted by Crippen LogP contribution is -2.43. The van der Waals surface area contributed by atoms with E-state index in [1.807, 2.05) is 6.92 Å². The van der Waals surface area contributed by atoms with Gasteiger partial charge in [0.05, 0.1) is 25.3 Å². The van der Waals surface area contributed by atoms with Crippen LogP contribution in [0.1, 0.15) is 29.3 Å². The van der Waals surface area contributed by atoms with Crippen LogP contribution < -0.4 is 14.4 Å². The third-order valence-corrected chi connectivity index (χ3v) is 5.79. The summed E-state index contributed by atoms with van der Waals surface area (Å²) in [5, 5.41) is 12.0. The molecule has 7 heteroatoms. The Labute approximate surface area is 197 Å². The van der Waals surface area contributed by atoms with Crippen molar-refractivity contribution in [3.05, 3.63) is 88.9 Å². The van der Waals surface area contributed by atoms with Crippen LogP contribution in [0.5, 0.6) is 11.5 Å². The van der Waals surface area contributed by atoms with Gasteiger partial charge in [-0.3, -0.25) is 9.59 Å². The van der Waals surface area contributed by atoms with Gasteiger partial charge in [0.1, 0.15) is 18.1 Å². The molecule has 1 amide bonds. The second kappa shape index (κ2) is 9.65. The van der Waals surface area contributed by atoms with Crippen molar-refractivity contribution in [1.29, 1.82) is 0 Å². The van der Waals surface area contributed by atoms with E-state index in [-0.39, 0.29) is 25.4 Å². The number of benzene rings is 3. The van der Waals surface area contributed by atoms with Crippen LogP contribution in [0, 0.1) is 0 Å². The van der Waals surface area contributed by atoms with Gasteiger partial charge in [-0.2, -0.15) is 0 Å². The molecule has 3 aromatic rings. The molecule has 3 aromatic carbocycles. The normalized spacial score (nSPS) is 17.1. The number of hydrogen-bond donors (Lipinski definition) is 1. The summed E-state index contributed by atoms with van der Waals surface area (Å²) in [4.78, 5) is 27.7. The molecule has 1 aliphatic heterocycles. The highest BCUT2D eigenvalue weighted by atomic mass is 35.5. The molecule has 4 rings (SSSR count). The predicted molar refractivity (Wildman–Crippen MR) is 126 cm³/mol. The summed E-state index contributed by atoms with van der Waals surface area (Å²) in [7, 11) is 0. The number of amides is 1. The maximum atomic E-state index is 13.3. The van der Waals surface area contributed by atoms with Crippen LogP contribution in [0.25, 0.3) is 0 Å². The lowest BCUT2D eigenvalue weighted by atomic mass is 9.88. The molecule has 1 unspecified atom stereocenters. The number of rotatable bonds is 9. The number of carbonyl (C=O) groups is 2. The third-order valence-electron chi connectivity index (χ3n) is 5.54. The van der Waals surface area contributed by atoms with E-state index >= 15 is 0 Å². The van der Waals surface area contributed by atoms with Gasteiger partial charge in [-0.1, -0.05) is 29.8 Å². The molecule has 0 saturated heterocycles. The van der Waals surface area contributed by atoms with Crippen LogP contribution in [0.4, 0.5) is 5.69 Å². The van der Waals surface area contributed by atoms with Gasteiger partial charge in [0, 0.05) is 16.1 Å². The number of halogens is 1. The van der Waals surface area contributed by atoms with Crippen molar-refractivity contribution in [2.45, 2.75) is 18.9 Å². The van der Waals surface area contributed by atoms with Gasteiger partial charge >= 0.3 is 0 Å². The maximum absolute atomic E-state index is 13.3. The van der Waals surface area contributed by atoms with Gasteiger partial charge < -0.3 is 19.5 Å². The Morgan fingerprint density at radius 2 is 1.61 bits per heavy atom. The van der Waals surface area contributed by atoms with Crippen LogP contribution in [0.3, 0.4) is 0 Å². The van der Waals surface area contributed by atoms with Crippen molar-refractivity contribution in [1.82, 2.24) is 0 Å². The molecule has 1 aliphatic rings. The van der Waals surface area contributed by atoms with E-state index in [9.17, 15) is 14.7 Å². The van der Waals surface area contributed by atoms with Gasteiger partial charge in [0.15, 0.2) is 11.4 Å². The summed E-state index contributed by atoms with van der Waals surface area (Å²) in [5.74, 6) is 0.410. The van der Waals surface area contributed by atoms with E-state index in [0.29, 0.717) is 39.9 Å². The summed E-state index contributed by atoms with van der Waals surface area (Å²) in [6, 6.07) is 20.6. The van der Waals surface area contributed by atoms with Gasteiger partial charge in [0.25, 0.3) is 5.91 Å². The topological polar surface area (TPSA) is 76.1 Å². The number of Topliss-reactive ketones (excluding diaryl/α,β-unsaturated/α-hetero) is 1. The highest BCUT2D eigenvalue weighted by Crippen LogP contribution is 2.42. The Bertz CT molecular complexity index is 1150. The zero-order chi connectivity index (χ0) is 23.4. The van der Waals surface area contributed by atoms with Crippen LogP contribution in [-0.2, 0) is 10.4 Å². The van der Waals surface area contributed by atoms with Crippen molar-refractivity contribution in [2.75, 3.05) is 24.7 Å². The Balaban J connectivity index is 1.50. The van der Waals surface area contributed by atoms with E-state index < -0.39 is 11.5 Å². The molecular formula is C26H24ClNO5. The number of ether oxygens (including phenoxy) is 2. The number of anilines is 1. The minimum Gasteiger partial charge on any atom is -0.494 e. The number of aliphatic hydroxyl groups is 1. The van der Waals surface area contributed by atoms with E-state index in [1.54, 1.807) is 72.8 Å². The van der Waals surface area contributed by atoms with E-state index in [4.69, 9.17) is 21.1 Å². The monoisotopic (exact) mass is 465 g/mol. The second-order valence-electron chi connectivity index (χ2n) is 7.69. The number of hydrogen-bond acceptors (Lipinski definition) is 5. The van der Waals surface area contributed by atoms with Crippen molar-refractivity contribution in [3.63, 3.8) is 0 Å². The molecule has 0 saturated carbocycles. The van der Waals surface area contributed by atoms with Crippen LogP contribution in [0.2, 0.25) is 5.02 Å². The van der Waals surface area contributed by atoms with Gasteiger partial charge in [0.2, 0.25) is 0 Å². The number of ketones is 1. The first-order valence-electron chi connectivity index (χ1n) is 10.7. The van der Waals surface area contributed by atoms with Crippen molar-refractivity contribution >= 4 is 29.0 Å². The van der Waals surface area contributed by atoms with E-state index in [2.05, 4.69) is 0 Å². The van der Waals surface area contributed by atoms with Crippen molar-refractivity contribution in [2.24, 2.45) is 0 Å². The SMILES string of the molecule is CCOc1ccc(C(=O)CC2(O)C(=O)N(CCOc3ccc(Cl)cc3)c3ccccc32)cc1. The van der Waals surface area contributed by atoms with Gasteiger partial charge in [-0.25, -0.2) is 0 Å². The smallest absolute Gasteiger partial charge is 0.264 e. The molecule has 0 fully saturated rings. The fourth-order valence-electron chi connectivity index (χ4n) is 3.92. The zero-order valence-electron chi connectivity index (χ0n) is 18.2. The van der Waals surface area contributed by atoms with Crippen LogP contribution in [0.15, 0.2) is 72.8 Å².